The van der Waals surface area contributed by atoms with Gasteiger partial charge in [0, 0.05) is 32.2 Å². The van der Waals surface area contributed by atoms with E-state index in [1.165, 1.54) is 26.2 Å². The number of piperazine rings is 1. The van der Waals surface area contributed by atoms with Crippen molar-refractivity contribution in [1.29, 1.82) is 0 Å². The molecule has 1 heterocycles. The Morgan fingerprint density at radius 3 is 2.21 bits per heavy atom. The van der Waals surface area contributed by atoms with Crippen LogP contribution in [0.15, 0.2) is 0 Å². The first kappa shape index (κ1) is 12.0. The molecule has 3 heteroatoms. The normalized spacial score (nSPS) is 24.9. The molecule has 1 saturated heterocycles. The van der Waals surface area contributed by atoms with Gasteiger partial charge >= 0.3 is 0 Å². The summed E-state index contributed by atoms with van der Waals surface area (Å²) in [5, 5.41) is 3.26. The molecule has 0 radical (unpaired) electrons. The maximum absolute atomic E-state index is 3.26. The van der Waals surface area contributed by atoms with Gasteiger partial charge in [0.1, 0.15) is 0 Å². The lowest BCUT2D eigenvalue weighted by Crippen LogP contribution is -2.50. The number of hydrogen-bond donors (Lipinski definition) is 1. The molecular formula is C11H25N3. The lowest BCUT2D eigenvalue weighted by molar-refractivity contribution is 0.0935. The molecule has 1 rings (SSSR count). The third kappa shape index (κ3) is 3.23. The molecule has 0 aromatic carbocycles. The molecule has 2 unspecified atom stereocenters. The largest absolute Gasteiger partial charge is 0.319 e. The van der Waals surface area contributed by atoms with Crippen LogP contribution >= 0.6 is 0 Å². The van der Waals surface area contributed by atoms with Crippen molar-refractivity contribution < 1.29 is 0 Å². The summed E-state index contributed by atoms with van der Waals surface area (Å²) in [5.74, 6) is 0.739. The van der Waals surface area contributed by atoms with Crippen LogP contribution in [-0.2, 0) is 0 Å². The average Bonchev–Trinajstić information content (AvgIpc) is 2.18. The van der Waals surface area contributed by atoms with Gasteiger partial charge in [-0.1, -0.05) is 6.92 Å². The van der Waals surface area contributed by atoms with Crippen molar-refractivity contribution in [3.63, 3.8) is 0 Å². The molecule has 1 aliphatic rings. The molecule has 2 atom stereocenters. The predicted octanol–water partition coefficient (Wildman–Crippen LogP) is 0.478. The fourth-order valence-corrected chi connectivity index (χ4v) is 2.08. The Morgan fingerprint density at radius 1 is 1.14 bits per heavy atom. The van der Waals surface area contributed by atoms with Gasteiger partial charge < -0.3 is 10.2 Å². The minimum atomic E-state index is 0.705. The van der Waals surface area contributed by atoms with Gasteiger partial charge in [0.2, 0.25) is 0 Å². The second kappa shape index (κ2) is 5.69. The summed E-state index contributed by atoms with van der Waals surface area (Å²) < 4.78 is 0. The lowest BCUT2D eigenvalue weighted by atomic mass is 10.0. The van der Waals surface area contributed by atoms with Crippen LogP contribution in [0.4, 0.5) is 0 Å². The molecule has 1 N–H and O–H groups in total. The maximum atomic E-state index is 3.26. The van der Waals surface area contributed by atoms with Crippen molar-refractivity contribution in [2.24, 2.45) is 5.92 Å². The molecule has 0 spiro atoms. The van der Waals surface area contributed by atoms with Gasteiger partial charge in [-0.25, -0.2) is 0 Å². The highest BCUT2D eigenvalue weighted by molar-refractivity contribution is 4.78. The molecule has 0 aromatic rings. The fourth-order valence-electron chi connectivity index (χ4n) is 2.08. The summed E-state index contributed by atoms with van der Waals surface area (Å²) in [6.45, 7) is 10.7. The molecule has 0 amide bonds. The molecule has 1 fully saturated rings. The molecule has 84 valence electrons. The second-order valence-corrected chi connectivity index (χ2v) is 4.61. The van der Waals surface area contributed by atoms with Gasteiger partial charge in [-0.3, -0.25) is 4.90 Å². The number of hydrogen-bond acceptors (Lipinski definition) is 3. The molecule has 0 aromatic heterocycles. The topological polar surface area (TPSA) is 18.5 Å². The highest BCUT2D eigenvalue weighted by atomic mass is 15.3. The monoisotopic (exact) mass is 199 g/mol. The van der Waals surface area contributed by atoms with E-state index in [9.17, 15) is 0 Å². The third-order valence-electron chi connectivity index (χ3n) is 3.46. The first-order chi connectivity index (χ1) is 6.65. The Kier molecular flexibility index (Phi) is 4.85. The minimum Gasteiger partial charge on any atom is -0.319 e. The number of rotatable bonds is 4. The van der Waals surface area contributed by atoms with Crippen LogP contribution in [0.5, 0.6) is 0 Å². The summed E-state index contributed by atoms with van der Waals surface area (Å²) in [6.07, 6.45) is 0. The molecule has 0 bridgehead atoms. The van der Waals surface area contributed by atoms with Crippen LogP contribution in [0, 0.1) is 5.92 Å². The van der Waals surface area contributed by atoms with Crippen molar-refractivity contribution in [1.82, 2.24) is 15.1 Å². The van der Waals surface area contributed by atoms with E-state index in [1.54, 1.807) is 0 Å². The van der Waals surface area contributed by atoms with Gasteiger partial charge in [0.05, 0.1) is 0 Å². The summed E-state index contributed by atoms with van der Waals surface area (Å²) in [6, 6.07) is 0.705. The number of nitrogens with zero attached hydrogens (tertiary/aromatic N) is 2. The molecular weight excluding hydrogens is 174 g/mol. The fraction of sp³-hybridized carbons (Fsp3) is 1.00. The number of nitrogens with one attached hydrogen (secondary N) is 1. The van der Waals surface area contributed by atoms with E-state index >= 15 is 0 Å². The smallest absolute Gasteiger partial charge is 0.0113 e. The first-order valence-corrected chi connectivity index (χ1v) is 5.72. The van der Waals surface area contributed by atoms with Crippen LogP contribution in [0.3, 0.4) is 0 Å². The molecule has 0 aliphatic carbocycles. The standard InChI is InChI=1S/C11H25N3/c1-10(9-12-3)11(2)14-7-5-13(4)6-8-14/h10-12H,5-9H2,1-4H3. The van der Waals surface area contributed by atoms with E-state index in [1.807, 2.05) is 7.05 Å². The van der Waals surface area contributed by atoms with Crippen LogP contribution in [0.1, 0.15) is 13.8 Å². The van der Waals surface area contributed by atoms with Crippen LogP contribution < -0.4 is 5.32 Å². The predicted molar refractivity (Wildman–Crippen MR) is 61.6 cm³/mol. The quantitative estimate of drug-likeness (QED) is 0.710. The van der Waals surface area contributed by atoms with E-state index in [-0.39, 0.29) is 0 Å². The summed E-state index contributed by atoms with van der Waals surface area (Å²) in [4.78, 5) is 5.02. The zero-order valence-electron chi connectivity index (χ0n) is 10.1. The SMILES string of the molecule is CNCC(C)C(C)N1CCN(C)CC1. The van der Waals surface area contributed by atoms with E-state index in [0.29, 0.717) is 6.04 Å². The third-order valence-corrected chi connectivity index (χ3v) is 3.46. The average molecular weight is 199 g/mol. The molecule has 1 aliphatic heterocycles. The van der Waals surface area contributed by atoms with Crippen molar-refractivity contribution in [3.8, 4) is 0 Å². The first-order valence-electron chi connectivity index (χ1n) is 5.72. The Hall–Kier alpha value is -0.120. The van der Waals surface area contributed by atoms with Crippen molar-refractivity contribution in [3.05, 3.63) is 0 Å². The second-order valence-electron chi connectivity index (χ2n) is 4.61. The van der Waals surface area contributed by atoms with E-state index in [4.69, 9.17) is 0 Å². The van der Waals surface area contributed by atoms with Crippen LogP contribution in [0.25, 0.3) is 0 Å². The van der Waals surface area contributed by atoms with E-state index < -0.39 is 0 Å². The van der Waals surface area contributed by atoms with Crippen LogP contribution in [0.2, 0.25) is 0 Å². The Balaban J connectivity index is 2.33. The summed E-state index contributed by atoms with van der Waals surface area (Å²) >= 11 is 0. The molecule has 14 heavy (non-hydrogen) atoms. The van der Waals surface area contributed by atoms with Crippen LogP contribution in [-0.4, -0.2) is 62.7 Å². The summed E-state index contributed by atoms with van der Waals surface area (Å²) in [5.41, 5.74) is 0. The Labute approximate surface area is 88.5 Å². The van der Waals surface area contributed by atoms with Gasteiger partial charge in [-0.05, 0) is 33.5 Å². The lowest BCUT2D eigenvalue weighted by Gasteiger charge is -2.38. The van der Waals surface area contributed by atoms with Gasteiger partial charge in [-0.15, -0.1) is 0 Å². The van der Waals surface area contributed by atoms with Crippen molar-refractivity contribution in [2.75, 3.05) is 46.8 Å². The minimum absolute atomic E-state index is 0.705. The zero-order valence-corrected chi connectivity index (χ0v) is 10.1. The summed E-state index contributed by atoms with van der Waals surface area (Å²) in [7, 11) is 4.24. The Bertz CT molecular complexity index is 153. The van der Waals surface area contributed by atoms with Crippen molar-refractivity contribution >= 4 is 0 Å². The van der Waals surface area contributed by atoms with E-state index in [0.717, 1.165) is 12.5 Å². The Morgan fingerprint density at radius 2 is 1.71 bits per heavy atom. The van der Waals surface area contributed by atoms with E-state index in [2.05, 4.69) is 36.0 Å². The van der Waals surface area contributed by atoms with Gasteiger partial charge in [0.25, 0.3) is 0 Å². The van der Waals surface area contributed by atoms with Gasteiger partial charge in [-0.2, -0.15) is 0 Å². The highest BCUT2D eigenvalue weighted by Gasteiger charge is 2.22. The molecule has 3 nitrogen and oxygen atoms in total. The number of likely N-dealkylation sites (N-methyl/N-ethyl adjacent to an activating group) is 1. The van der Waals surface area contributed by atoms with Gasteiger partial charge in [0.15, 0.2) is 0 Å². The molecule has 0 saturated carbocycles. The van der Waals surface area contributed by atoms with Crippen molar-refractivity contribution in [2.45, 2.75) is 19.9 Å². The zero-order chi connectivity index (χ0) is 10.6. The maximum Gasteiger partial charge on any atom is 0.0113 e. The highest BCUT2D eigenvalue weighted by Crippen LogP contribution is 2.12.